The summed E-state index contributed by atoms with van der Waals surface area (Å²) in [4.78, 5) is 12.8. The lowest BCUT2D eigenvalue weighted by Crippen LogP contribution is -2.32. The molecule has 6 nitrogen and oxygen atoms in total. The molecule has 1 N–H and O–H groups in total. The fraction of sp³-hybridized carbons (Fsp3) is 0.300. The van der Waals surface area contributed by atoms with Crippen molar-refractivity contribution in [2.75, 3.05) is 13.2 Å². The molecule has 1 aliphatic rings. The molecule has 1 amide bonds. The van der Waals surface area contributed by atoms with E-state index in [2.05, 4.69) is 10.4 Å². The van der Waals surface area contributed by atoms with Gasteiger partial charge < -0.3 is 14.6 Å². The SMILES string of the molecule is Cc1ccc(-n2ncc(C(=O)NC[C@H]3CCCO3)c2-n2cccc2)cc1. The number of hydrogen-bond donors (Lipinski definition) is 1. The van der Waals surface area contributed by atoms with Crippen LogP contribution in [0.3, 0.4) is 0 Å². The Balaban J connectivity index is 1.66. The second-order valence-electron chi connectivity index (χ2n) is 6.56. The molecular weight excluding hydrogens is 328 g/mol. The van der Waals surface area contributed by atoms with Crippen LogP contribution in [0.4, 0.5) is 0 Å². The minimum absolute atomic E-state index is 0.112. The molecule has 1 saturated heterocycles. The molecule has 0 unspecified atom stereocenters. The molecule has 1 fully saturated rings. The molecular formula is C20H22N4O2. The van der Waals surface area contributed by atoms with Gasteiger partial charge in [0, 0.05) is 25.5 Å². The van der Waals surface area contributed by atoms with E-state index >= 15 is 0 Å². The minimum Gasteiger partial charge on any atom is -0.376 e. The van der Waals surface area contributed by atoms with Crippen molar-refractivity contribution in [1.29, 1.82) is 0 Å². The zero-order valence-corrected chi connectivity index (χ0v) is 14.8. The molecule has 1 aromatic carbocycles. The lowest BCUT2D eigenvalue weighted by molar-refractivity contribution is 0.0857. The fourth-order valence-corrected chi connectivity index (χ4v) is 3.21. The van der Waals surface area contributed by atoms with Crippen molar-refractivity contribution in [3.05, 3.63) is 66.1 Å². The smallest absolute Gasteiger partial charge is 0.256 e. The van der Waals surface area contributed by atoms with Gasteiger partial charge in [0.1, 0.15) is 5.56 Å². The molecule has 0 aliphatic carbocycles. The fourth-order valence-electron chi connectivity index (χ4n) is 3.21. The highest BCUT2D eigenvalue weighted by Crippen LogP contribution is 2.20. The molecule has 3 aromatic rings. The van der Waals surface area contributed by atoms with Gasteiger partial charge in [0.05, 0.1) is 18.0 Å². The number of benzene rings is 1. The maximum atomic E-state index is 12.8. The maximum absolute atomic E-state index is 12.8. The zero-order valence-electron chi connectivity index (χ0n) is 14.8. The van der Waals surface area contributed by atoms with Crippen molar-refractivity contribution in [3.8, 4) is 11.5 Å². The summed E-state index contributed by atoms with van der Waals surface area (Å²) in [5.74, 6) is 0.589. The van der Waals surface area contributed by atoms with Crippen LogP contribution in [-0.2, 0) is 4.74 Å². The van der Waals surface area contributed by atoms with E-state index in [1.807, 2.05) is 60.3 Å². The van der Waals surface area contributed by atoms with Crippen LogP contribution in [-0.4, -0.2) is 39.5 Å². The number of rotatable bonds is 5. The van der Waals surface area contributed by atoms with Crippen molar-refractivity contribution in [3.63, 3.8) is 0 Å². The molecule has 1 aliphatic heterocycles. The molecule has 2 aromatic heterocycles. The largest absolute Gasteiger partial charge is 0.376 e. The number of aromatic nitrogens is 3. The van der Waals surface area contributed by atoms with Gasteiger partial charge in [0.15, 0.2) is 5.82 Å². The van der Waals surface area contributed by atoms with E-state index in [0.29, 0.717) is 12.1 Å². The van der Waals surface area contributed by atoms with Crippen LogP contribution in [0.1, 0.15) is 28.8 Å². The summed E-state index contributed by atoms with van der Waals surface area (Å²) in [7, 11) is 0. The van der Waals surface area contributed by atoms with E-state index < -0.39 is 0 Å². The second-order valence-corrected chi connectivity index (χ2v) is 6.56. The summed E-state index contributed by atoms with van der Waals surface area (Å²) < 4.78 is 9.29. The first-order chi connectivity index (χ1) is 12.7. The van der Waals surface area contributed by atoms with Crippen molar-refractivity contribution in [1.82, 2.24) is 19.7 Å². The normalized spacial score (nSPS) is 16.7. The molecule has 26 heavy (non-hydrogen) atoms. The van der Waals surface area contributed by atoms with Crippen LogP contribution in [0.25, 0.3) is 11.5 Å². The Morgan fingerprint density at radius 1 is 1.27 bits per heavy atom. The third-order valence-electron chi connectivity index (χ3n) is 4.63. The number of nitrogens with one attached hydrogen (secondary N) is 1. The van der Waals surface area contributed by atoms with Gasteiger partial charge in [-0.2, -0.15) is 5.10 Å². The quantitative estimate of drug-likeness (QED) is 0.770. The molecule has 3 heterocycles. The third-order valence-corrected chi connectivity index (χ3v) is 4.63. The first kappa shape index (κ1) is 16.6. The van der Waals surface area contributed by atoms with Crippen LogP contribution in [0.2, 0.25) is 0 Å². The summed E-state index contributed by atoms with van der Waals surface area (Å²) in [5.41, 5.74) is 2.63. The van der Waals surface area contributed by atoms with Crippen molar-refractivity contribution >= 4 is 5.91 Å². The predicted molar refractivity (Wildman–Crippen MR) is 98.9 cm³/mol. The lowest BCUT2D eigenvalue weighted by Gasteiger charge is -2.13. The van der Waals surface area contributed by atoms with Crippen molar-refractivity contribution in [2.24, 2.45) is 0 Å². The van der Waals surface area contributed by atoms with Gasteiger partial charge >= 0.3 is 0 Å². The summed E-state index contributed by atoms with van der Waals surface area (Å²) in [6, 6.07) is 11.9. The average molecular weight is 350 g/mol. The molecule has 0 bridgehead atoms. The Morgan fingerprint density at radius 2 is 2.04 bits per heavy atom. The van der Waals surface area contributed by atoms with Gasteiger partial charge in [0.2, 0.25) is 0 Å². The first-order valence-electron chi connectivity index (χ1n) is 8.90. The van der Waals surface area contributed by atoms with Gasteiger partial charge in [-0.3, -0.25) is 4.79 Å². The van der Waals surface area contributed by atoms with E-state index in [1.54, 1.807) is 10.9 Å². The maximum Gasteiger partial charge on any atom is 0.256 e. The Hall–Kier alpha value is -2.86. The average Bonchev–Trinajstić information content (AvgIpc) is 3.40. The lowest BCUT2D eigenvalue weighted by atomic mass is 10.2. The summed E-state index contributed by atoms with van der Waals surface area (Å²) in [6.45, 7) is 3.35. The van der Waals surface area contributed by atoms with Gasteiger partial charge in [-0.15, -0.1) is 0 Å². The van der Waals surface area contributed by atoms with E-state index in [0.717, 1.165) is 31.0 Å². The molecule has 0 saturated carbocycles. The van der Waals surface area contributed by atoms with Crippen LogP contribution in [0.5, 0.6) is 0 Å². The first-order valence-corrected chi connectivity index (χ1v) is 8.90. The standard InChI is InChI=1S/C20H22N4O2/c1-15-6-8-16(9-7-15)24-20(23-10-2-3-11-23)18(14-22-24)19(25)21-13-17-5-4-12-26-17/h2-3,6-11,14,17H,4-5,12-13H2,1H3,(H,21,25)/t17-/m1/s1. The molecule has 0 spiro atoms. The Labute approximate surface area is 152 Å². The number of aryl methyl sites for hydroxylation is 1. The highest BCUT2D eigenvalue weighted by Gasteiger charge is 2.22. The molecule has 0 radical (unpaired) electrons. The zero-order chi connectivity index (χ0) is 17.9. The topological polar surface area (TPSA) is 61.1 Å². The molecule has 6 heteroatoms. The second kappa shape index (κ2) is 7.17. The van der Waals surface area contributed by atoms with Crippen LogP contribution in [0.15, 0.2) is 55.0 Å². The summed E-state index contributed by atoms with van der Waals surface area (Å²) in [5, 5.41) is 7.46. The number of ether oxygens (including phenoxy) is 1. The number of nitrogens with zero attached hydrogens (tertiary/aromatic N) is 3. The Morgan fingerprint density at radius 3 is 2.73 bits per heavy atom. The van der Waals surface area contributed by atoms with Gasteiger partial charge in [-0.1, -0.05) is 17.7 Å². The highest BCUT2D eigenvalue weighted by atomic mass is 16.5. The molecule has 134 valence electrons. The van der Waals surface area contributed by atoms with E-state index in [9.17, 15) is 4.79 Å². The number of carbonyl (C=O) groups is 1. The van der Waals surface area contributed by atoms with Crippen molar-refractivity contribution < 1.29 is 9.53 Å². The number of amides is 1. The van der Waals surface area contributed by atoms with Crippen LogP contribution in [0, 0.1) is 6.92 Å². The van der Waals surface area contributed by atoms with Crippen LogP contribution >= 0.6 is 0 Å². The van der Waals surface area contributed by atoms with E-state index in [-0.39, 0.29) is 12.0 Å². The Kier molecular flexibility index (Phi) is 4.58. The molecule has 1 atom stereocenters. The van der Waals surface area contributed by atoms with E-state index in [4.69, 9.17) is 4.74 Å². The van der Waals surface area contributed by atoms with E-state index in [1.165, 1.54) is 5.56 Å². The number of hydrogen-bond acceptors (Lipinski definition) is 3. The highest BCUT2D eigenvalue weighted by molar-refractivity contribution is 5.97. The van der Waals surface area contributed by atoms with Gasteiger partial charge in [0.25, 0.3) is 5.91 Å². The summed E-state index contributed by atoms with van der Waals surface area (Å²) >= 11 is 0. The monoisotopic (exact) mass is 350 g/mol. The summed E-state index contributed by atoms with van der Waals surface area (Å²) in [6.07, 6.45) is 7.62. The molecule has 4 rings (SSSR count). The van der Waals surface area contributed by atoms with Gasteiger partial charge in [-0.25, -0.2) is 4.68 Å². The predicted octanol–water partition coefficient (Wildman–Crippen LogP) is 2.88. The van der Waals surface area contributed by atoms with Crippen LogP contribution < -0.4 is 5.32 Å². The Bertz CT molecular complexity index is 875. The number of carbonyl (C=O) groups excluding carboxylic acids is 1. The van der Waals surface area contributed by atoms with Gasteiger partial charge in [-0.05, 0) is 44.0 Å². The third kappa shape index (κ3) is 3.28. The minimum atomic E-state index is -0.137. The van der Waals surface area contributed by atoms with Crippen molar-refractivity contribution in [2.45, 2.75) is 25.9 Å².